The van der Waals surface area contributed by atoms with Crippen LogP contribution in [0.3, 0.4) is 0 Å². The lowest BCUT2D eigenvalue weighted by atomic mass is 10.1. The summed E-state index contributed by atoms with van der Waals surface area (Å²) in [5, 5.41) is 21.9. The summed E-state index contributed by atoms with van der Waals surface area (Å²) in [7, 11) is 2.79. The largest absolute Gasteiger partial charge is 0.502 e. The van der Waals surface area contributed by atoms with Crippen molar-refractivity contribution < 1.29 is 19.4 Å². The minimum absolute atomic E-state index is 0.102. The van der Waals surface area contributed by atoms with Gasteiger partial charge in [-0.15, -0.1) is 0 Å². The highest BCUT2D eigenvalue weighted by molar-refractivity contribution is 9.10. The number of benzene rings is 2. The number of nitrogens with zero attached hydrogens (tertiary/aromatic N) is 1. The van der Waals surface area contributed by atoms with Gasteiger partial charge >= 0.3 is 0 Å². The maximum absolute atomic E-state index is 12.3. The number of ether oxygens (including phenoxy) is 2. The highest BCUT2D eigenvalue weighted by atomic mass is 79.9. The van der Waals surface area contributed by atoms with E-state index in [1.165, 1.54) is 32.4 Å². The number of phenolic OH excluding ortho intramolecular Hbond substituents is 1. The van der Waals surface area contributed by atoms with Gasteiger partial charge in [-0.1, -0.05) is 22.0 Å². The van der Waals surface area contributed by atoms with Gasteiger partial charge in [0.2, 0.25) is 5.75 Å². The molecule has 2 N–H and O–H groups in total. The van der Waals surface area contributed by atoms with Crippen molar-refractivity contribution in [2.24, 2.45) is 0 Å². The number of nitriles is 1. The highest BCUT2D eigenvalue weighted by Crippen LogP contribution is 2.37. The molecule has 0 saturated heterocycles. The molecule has 0 spiro atoms. The Labute approximate surface area is 153 Å². The van der Waals surface area contributed by atoms with Crippen LogP contribution in [0, 0.1) is 11.3 Å². The molecular weight excluding hydrogens is 388 g/mol. The van der Waals surface area contributed by atoms with Crippen molar-refractivity contribution in [2.45, 2.75) is 0 Å². The standard InChI is InChI=1S/C18H15BrN2O4/c1-24-15-7-11(8-16(25-2)17(15)22)6-12(10-20)18(23)21-14-5-3-4-13(19)9-14/h3-9,22H,1-2H3,(H,21,23)/b12-6-. The van der Waals surface area contributed by atoms with Crippen LogP contribution in [0.1, 0.15) is 5.56 Å². The number of nitrogens with one attached hydrogen (secondary N) is 1. The second-order valence-electron chi connectivity index (χ2n) is 4.91. The molecule has 0 aliphatic carbocycles. The SMILES string of the molecule is COc1cc(/C=C(/C#N)C(=O)Nc2cccc(Br)c2)cc(OC)c1O. The van der Waals surface area contributed by atoms with E-state index in [1.54, 1.807) is 18.2 Å². The van der Waals surface area contributed by atoms with Crippen LogP contribution >= 0.6 is 15.9 Å². The third-order valence-corrected chi connectivity index (χ3v) is 3.75. The molecule has 0 unspecified atom stereocenters. The van der Waals surface area contributed by atoms with Crippen LogP contribution < -0.4 is 14.8 Å². The van der Waals surface area contributed by atoms with Crippen LogP contribution in [0.5, 0.6) is 17.2 Å². The summed E-state index contributed by atoms with van der Waals surface area (Å²) in [6.45, 7) is 0. The smallest absolute Gasteiger partial charge is 0.266 e. The Morgan fingerprint density at radius 2 is 1.88 bits per heavy atom. The van der Waals surface area contributed by atoms with Gasteiger partial charge in [0.25, 0.3) is 5.91 Å². The zero-order valence-corrected chi connectivity index (χ0v) is 15.1. The number of hydrogen-bond acceptors (Lipinski definition) is 5. The van der Waals surface area contributed by atoms with Crippen molar-refractivity contribution in [3.05, 3.63) is 52.0 Å². The van der Waals surface area contributed by atoms with Crippen molar-refractivity contribution in [1.29, 1.82) is 5.26 Å². The van der Waals surface area contributed by atoms with Crippen LogP contribution in [0.4, 0.5) is 5.69 Å². The Balaban J connectivity index is 2.33. The summed E-state index contributed by atoms with van der Waals surface area (Å²) >= 11 is 3.32. The van der Waals surface area contributed by atoms with E-state index in [-0.39, 0.29) is 22.8 Å². The number of phenols is 1. The zero-order valence-electron chi connectivity index (χ0n) is 13.5. The fraction of sp³-hybridized carbons (Fsp3) is 0.111. The minimum atomic E-state index is -0.549. The van der Waals surface area contributed by atoms with Crippen molar-refractivity contribution in [1.82, 2.24) is 0 Å². The summed E-state index contributed by atoms with van der Waals surface area (Å²) in [5.74, 6) is -0.351. The Bertz CT molecular complexity index is 847. The predicted molar refractivity (Wildman–Crippen MR) is 97.6 cm³/mol. The molecule has 0 bridgehead atoms. The first kappa shape index (κ1) is 18.4. The summed E-state index contributed by atoms with van der Waals surface area (Å²) in [4.78, 5) is 12.3. The van der Waals surface area contributed by atoms with Crippen LogP contribution in [0.15, 0.2) is 46.4 Å². The van der Waals surface area contributed by atoms with Gasteiger partial charge in [0.05, 0.1) is 14.2 Å². The fourth-order valence-corrected chi connectivity index (χ4v) is 2.48. The number of methoxy groups -OCH3 is 2. The van der Waals surface area contributed by atoms with Crippen LogP contribution in [0.25, 0.3) is 6.08 Å². The summed E-state index contributed by atoms with van der Waals surface area (Å²) in [6.07, 6.45) is 1.39. The maximum Gasteiger partial charge on any atom is 0.266 e. The van der Waals surface area contributed by atoms with E-state index in [9.17, 15) is 15.2 Å². The summed E-state index contributed by atoms with van der Waals surface area (Å²) in [5.41, 5.74) is 0.934. The average Bonchev–Trinajstić information content (AvgIpc) is 2.60. The molecule has 0 heterocycles. The average molecular weight is 403 g/mol. The zero-order chi connectivity index (χ0) is 18.4. The van der Waals surface area contributed by atoms with E-state index < -0.39 is 5.91 Å². The number of anilines is 1. The van der Waals surface area contributed by atoms with Crippen LogP contribution in [-0.4, -0.2) is 25.2 Å². The van der Waals surface area contributed by atoms with Gasteiger partial charge in [-0.05, 0) is 42.0 Å². The Hall–Kier alpha value is -2.98. The number of carbonyl (C=O) groups is 1. The molecule has 1 amide bonds. The predicted octanol–water partition coefficient (Wildman–Crippen LogP) is 3.72. The lowest BCUT2D eigenvalue weighted by Crippen LogP contribution is -2.13. The molecule has 0 radical (unpaired) electrons. The van der Waals surface area contributed by atoms with Gasteiger partial charge in [-0.25, -0.2) is 0 Å². The van der Waals surface area contributed by atoms with Gasteiger partial charge in [-0.2, -0.15) is 5.26 Å². The van der Waals surface area contributed by atoms with Gasteiger partial charge < -0.3 is 19.9 Å². The molecule has 25 heavy (non-hydrogen) atoms. The van der Waals surface area contributed by atoms with Crippen molar-refractivity contribution in [3.8, 4) is 23.3 Å². The molecule has 0 aliphatic rings. The van der Waals surface area contributed by atoms with E-state index in [1.807, 2.05) is 12.1 Å². The lowest BCUT2D eigenvalue weighted by molar-refractivity contribution is -0.112. The number of rotatable bonds is 5. The molecule has 128 valence electrons. The first-order chi connectivity index (χ1) is 12.0. The molecule has 6 nitrogen and oxygen atoms in total. The van der Waals surface area contributed by atoms with E-state index in [0.717, 1.165) is 4.47 Å². The summed E-state index contributed by atoms with van der Waals surface area (Å²) in [6, 6.07) is 11.9. The third kappa shape index (κ3) is 4.52. The number of amides is 1. The quantitative estimate of drug-likeness (QED) is 0.587. The second kappa shape index (κ2) is 8.22. The molecule has 7 heteroatoms. The van der Waals surface area contributed by atoms with Gasteiger partial charge in [0.15, 0.2) is 11.5 Å². The Kier molecular flexibility index (Phi) is 6.03. The molecule has 2 aromatic carbocycles. The molecule has 0 aliphatic heterocycles. The van der Waals surface area contributed by atoms with E-state index in [0.29, 0.717) is 11.3 Å². The molecular formula is C18H15BrN2O4. The highest BCUT2D eigenvalue weighted by Gasteiger charge is 2.13. The molecule has 0 saturated carbocycles. The second-order valence-corrected chi connectivity index (χ2v) is 5.82. The number of aromatic hydroxyl groups is 1. The minimum Gasteiger partial charge on any atom is -0.502 e. The third-order valence-electron chi connectivity index (χ3n) is 3.26. The Morgan fingerprint density at radius 1 is 1.24 bits per heavy atom. The van der Waals surface area contributed by atoms with Gasteiger partial charge in [0.1, 0.15) is 11.6 Å². The molecule has 2 rings (SSSR count). The van der Waals surface area contributed by atoms with Crippen LogP contribution in [0.2, 0.25) is 0 Å². The van der Waals surface area contributed by atoms with E-state index >= 15 is 0 Å². The molecule has 2 aromatic rings. The van der Waals surface area contributed by atoms with Crippen molar-refractivity contribution in [3.63, 3.8) is 0 Å². The number of halogens is 1. The monoisotopic (exact) mass is 402 g/mol. The first-order valence-corrected chi connectivity index (χ1v) is 7.91. The first-order valence-electron chi connectivity index (χ1n) is 7.12. The van der Waals surface area contributed by atoms with Crippen molar-refractivity contribution in [2.75, 3.05) is 19.5 Å². The molecule has 0 aromatic heterocycles. The van der Waals surface area contributed by atoms with Crippen LogP contribution in [-0.2, 0) is 4.79 Å². The number of hydrogen-bond donors (Lipinski definition) is 2. The summed E-state index contributed by atoms with van der Waals surface area (Å²) < 4.78 is 10.9. The number of carbonyl (C=O) groups excluding carboxylic acids is 1. The van der Waals surface area contributed by atoms with Gasteiger partial charge in [-0.3, -0.25) is 4.79 Å². The van der Waals surface area contributed by atoms with Gasteiger partial charge in [0, 0.05) is 10.2 Å². The molecule has 0 atom stereocenters. The lowest BCUT2D eigenvalue weighted by Gasteiger charge is -2.10. The molecule has 0 fully saturated rings. The van der Waals surface area contributed by atoms with Crippen molar-refractivity contribution >= 4 is 33.6 Å². The van der Waals surface area contributed by atoms with E-state index in [2.05, 4.69) is 21.2 Å². The normalized spacial score (nSPS) is 10.7. The maximum atomic E-state index is 12.3. The Morgan fingerprint density at radius 3 is 2.40 bits per heavy atom. The topological polar surface area (TPSA) is 91.6 Å². The fourth-order valence-electron chi connectivity index (χ4n) is 2.08. The van der Waals surface area contributed by atoms with E-state index in [4.69, 9.17) is 9.47 Å².